The van der Waals surface area contributed by atoms with Crippen molar-refractivity contribution in [2.24, 2.45) is 5.73 Å². The molecule has 3 nitrogen and oxygen atoms in total. The molecular weight excluding hydrogens is 260 g/mol. The molecular formula is C18H30N2O. The van der Waals surface area contributed by atoms with Crippen LogP contribution in [0.25, 0.3) is 0 Å². The van der Waals surface area contributed by atoms with E-state index in [9.17, 15) is 0 Å². The number of likely N-dealkylation sites (tertiary alicyclic amines) is 1. The molecule has 1 aliphatic rings. The van der Waals surface area contributed by atoms with Crippen LogP contribution in [0.2, 0.25) is 0 Å². The number of hydrogen-bond acceptors (Lipinski definition) is 3. The number of piperidine rings is 1. The second kappa shape index (κ2) is 9.19. The minimum Gasteiger partial charge on any atom is -0.358 e. The number of ether oxygens (including phenoxy) is 1. The van der Waals surface area contributed by atoms with Crippen LogP contribution in [-0.2, 0) is 11.3 Å². The van der Waals surface area contributed by atoms with E-state index >= 15 is 0 Å². The summed E-state index contributed by atoms with van der Waals surface area (Å²) in [6, 6.07) is 10.8. The first kappa shape index (κ1) is 16.5. The van der Waals surface area contributed by atoms with Crippen LogP contribution in [-0.4, -0.2) is 30.3 Å². The van der Waals surface area contributed by atoms with Crippen LogP contribution in [0.15, 0.2) is 30.3 Å². The van der Waals surface area contributed by atoms with Crippen molar-refractivity contribution in [1.29, 1.82) is 0 Å². The first-order valence-corrected chi connectivity index (χ1v) is 8.44. The first-order chi connectivity index (χ1) is 10.3. The highest BCUT2D eigenvalue weighted by molar-refractivity contribution is 5.13. The lowest BCUT2D eigenvalue weighted by Crippen LogP contribution is -2.46. The molecule has 1 unspecified atom stereocenters. The highest BCUT2D eigenvalue weighted by atomic mass is 16.5. The maximum atomic E-state index is 6.23. The standard InChI is InChI=1S/C18H30N2O/c1-2-3-5-10-18(20-13-11-17(19)12-14-20)21-15-16-8-6-4-7-9-16/h4,6-9,17-18H,2-3,5,10-15,19H2,1H3. The van der Waals surface area contributed by atoms with Crippen molar-refractivity contribution >= 4 is 0 Å². The summed E-state index contributed by atoms with van der Waals surface area (Å²) < 4.78 is 6.23. The van der Waals surface area contributed by atoms with Crippen molar-refractivity contribution in [3.63, 3.8) is 0 Å². The molecule has 1 saturated heterocycles. The Labute approximate surface area is 129 Å². The number of nitrogens with zero attached hydrogens (tertiary/aromatic N) is 1. The lowest BCUT2D eigenvalue weighted by atomic mass is 10.0. The van der Waals surface area contributed by atoms with Crippen LogP contribution < -0.4 is 5.73 Å². The summed E-state index contributed by atoms with van der Waals surface area (Å²) in [5.41, 5.74) is 7.27. The lowest BCUT2D eigenvalue weighted by Gasteiger charge is -2.36. The number of nitrogens with two attached hydrogens (primary N) is 1. The van der Waals surface area contributed by atoms with Gasteiger partial charge in [-0.15, -0.1) is 0 Å². The van der Waals surface area contributed by atoms with E-state index in [-0.39, 0.29) is 6.23 Å². The molecule has 0 amide bonds. The molecule has 21 heavy (non-hydrogen) atoms. The predicted molar refractivity (Wildman–Crippen MR) is 87.9 cm³/mol. The quantitative estimate of drug-likeness (QED) is 0.744. The molecule has 0 radical (unpaired) electrons. The molecule has 0 aliphatic carbocycles. The maximum absolute atomic E-state index is 6.23. The molecule has 3 heteroatoms. The molecule has 1 heterocycles. The van der Waals surface area contributed by atoms with Gasteiger partial charge in [-0.3, -0.25) is 4.90 Å². The van der Waals surface area contributed by atoms with Crippen molar-refractivity contribution in [2.45, 2.75) is 64.3 Å². The van der Waals surface area contributed by atoms with Crippen LogP contribution in [0.1, 0.15) is 51.0 Å². The molecule has 0 spiro atoms. The van der Waals surface area contributed by atoms with Gasteiger partial charge in [0.2, 0.25) is 0 Å². The smallest absolute Gasteiger partial charge is 0.111 e. The van der Waals surface area contributed by atoms with Gasteiger partial charge in [-0.2, -0.15) is 0 Å². The van der Waals surface area contributed by atoms with Crippen molar-refractivity contribution in [1.82, 2.24) is 4.90 Å². The van der Waals surface area contributed by atoms with E-state index in [1.165, 1.54) is 24.8 Å². The number of benzene rings is 1. The summed E-state index contributed by atoms with van der Waals surface area (Å²) in [6.07, 6.45) is 7.38. The fourth-order valence-corrected chi connectivity index (χ4v) is 2.91. The topological polar surface area (TPSA) is 38.5 Å². The molecule has 1 atom stereocenters. The van der Waals surface area contributed by atoms with Crippen LogP contribution in [0.3, 0.4) is 0 Å². The summed E-state index contributed by atoms with van der Waals surface area (Å²) >= 11 is 0. The SMILES string of the molecule is CCCCCC(OCc1ccccc1)N1CCC(N)CC1. The summed E-state index contributed by atoms with van der Waals surface area (Å²) in [7, 11) is 0. The largest absolute Gasteiger partial charge is 0.358 e. The zero-order valence-corrected chi connectivity index (χ0v) is 13.3. The molecule has 2 N–H and O–H groups in total. The van der Waals surface area contributed by atoms with Crippen molar-refractivity contribution in [3.05, 3.63) is 35.9 Å². The Morgan fingerprint density at radius 2 is 1.90 bits per heavy atom. The van der Waals surface area contributed by atoms with E-state index in [0.29, 0.717) is 12.6 Å². The fourth-order valence-electron chi connectivity index (χ4n) is 2.91. The predicted octanol–water partition coefficient (Wildman–Crippen LogP) is 3.53. The van der Waals surface area contributed by atoms with Gasteiger partial charge in [0.25, 0.3) is 0 Å². The van der Waals surface area contributed by atoms with Crippen LogP contribution in [0.5, 0.6) is 0 Å². The Morgan fingerprint density at radius 1 is 1.19 bits per heavy atom. The fraction of sp³-hybridized carbons (Fsp3) is 0.667. The third-order valence-corrected chi connectivity index (χ3v) is 4.32. The Morgan fingerprint density at radius 3 is 2.57 bits per heavy atom. The van der Waals surface area contributed by atoms with E-state index in [1.807, 2.05) is 6.07 Å². The Kier molecular flexibility index (Phi) is 7.20. The average molecular weight is 290 g/mol. The van der Waals surface area contributed by atoms with Gasteiger partial charge in [0.15, 0.2) is 0 Å². The van der Waals surface area contributed by atoms with E-state index in [0.717, 1.165) is 32.4 Å². The number of hydrogen-bond donors (Lipinski definition) is 1. The maximum Gasteiger partial charge on any atom is 0.111 e. The van der Waals surface area contributed by atoms with Crippen LogP contribution >= 0.6 is 0 Å². The van der Waals surface area contributed by atoms with Gasteiger partial charge in [0.05, 0.1) is 6.61 Å². The average Bonchev–Trinajstić information content (AvgIpc) is 2.53. The van der Waals surface area contributed by atoms with Gasteiger partial charge >= 0.3 is 0 Å². The van der Waals surface area contributed by atoms with Gasteiger partial charge in [0, 0.05) is 19.1 Å². The Balaban J connectivity index is 1.85. The minimum atomic E-state index is 0.254. The normalized spacial score (nSPS) is 18.8. The van der Waals surface area contributed by atoms with E-state index < -0.39 is 0 Å². The molecule has 1 aromatic carbocycles. The highest BCUT2D eigenvalue weighted by Gasteiger charge is 2.23. The Hall–Kier alpha value is -0.900. The second-order valence-electron chi connectivity index (χ2n) is 6.12. The van der Waals surface area contributed by atoms with E-state index in [1.54, 1.807) is 0 Å². The van der Waals surface area contributed by atoms with Crippen LogP contribution in [0.4, 0.5) is 0 Å². The summed E-state index contributed by atoms with van der Waals surface area (Å²) in [5, 5.41) is 0. The monoisotopic (exact) mass is 290 g/mol. The molecule has 1 aromatic rings. The van der Waals surface area contributed by atoms with E-state index in [2.05, 4.69) is 36.1 Å². The summed E-state index contributed by atoms with van der Waals surface area (Å²) in [4.78, 5) is 2.49. The van der Waals surface area contributed by atoms with Gasteiger partial charge in [-0.05, 0) is 31.2 Å². The zero-order chi connectivity index (χ0) is 14.9. The molecule has 0 bridgehead atoms. The molecule has 118 valence electrons. The first-order valence-electron chi connectivity index (χ1n) is 8.44. The molecule has 1 aliphatic heterocycles. The third kappa shape index (κ3) is 5.77. The number of rotatable bonds is 8. The minimum absolute atomic E-state index is 0.254. The summed E-state index contributed by atoms with van der Waals surface area (Å²) in [5.74, 6) is 0. The van der Waals surface area contributed by atoms with Crippen LogP contribution in [0, 0.1) is 0 Å². The van der Waals surface area contributed by atoms with Gasteiger partial charge in [-0.1, -0.05) is 50.1 Å². The van der Waals surface area contributed by atoms with E-state index in [4.69, 9.17) is 10.5 Å². The van der Waals surface area contributed by atoms with Crippen molar-refractivity contribution in [3.8, 4) is 0 Å². The Bertz CT molecular complexity index is 374. The third-order valence-electron chi connectivity index (χ3n) is 4.32. The zero-order valence-electron chi connectivity index (χ0n) is 13.3. The molecule has 0 aromatic heterocycles. The van der Waals surface area contributed by atoms with Gasteiger partial charge < -0.3 is 10.5 Å². The molecule has 1 fully saturated rings. The molecule has 2 rings (SSSR count). The van der Waals surface area contributed by atoms with Gasteiger partial charge in [-0.25, -0.2) is 0 Å². The van der Waals surface area contributed by atoms with Gasteiger partial charge in [0.1, 0.15) is 6.23 Å². The highest BCUT2D eigenvalue weighted by Crippen LogP contribution is 2.18. The number of unbranched alkanes of at least 4 members (excludes halogenated alkanes) is 2. The second-order valence-corrected chi connectivity index (χ2v) is 6.12. The summed E-state index contributed by atoms with van der Waals surface area (Å²) in [6.45, 7) is 5.11. The van der Waals surface area contributed by atoms with Crippen molar-refractivity contribution < 1.29 is 4.74 Å². The van der Waals surface area contributed by atoms with Crippen molar-refractivity contribution in [2.75, 3.05) is 13.1 Å². The lowest BCUT2D eigenvalue weighted by molar-refractivity contribution is -0.0822. The molecule has 0 saturated carbocycles.